The quantitative estimate of drug-likeness (QED) is 0.836. The second-order valence-corrected chi connectivity index (χ2v) is 5.78. The summed E-state index contributed by atoms with van der Waals surface area (Å²) in [6.07, 6.45) is 1.50. The highest BCUT2D eigenvalue weighted by atomic mass is 32.2. The summed E-state index contributed by atoms with van der Waals surface area (Å²) in [4.78, 5) is 3.96. The Morgan fingerprint density at radius 3 is 2.41 bits per heavy atom. The van der Waals surface area contributed by atoms with Crippen LogP contribution in [0.3, 0.4) is 0 Å². The third kappa shape index (κ3) is 2.71. The molecule has 0 N–H and O–H groups in total. The predicted molar refractivity (Wildman–Crippen MR) is 66.3 cm³/mol. The third-order valence-corrected chi connectivity index (χ3v) is 4.19. The van der Waals surface area contributed by atoms with Crippen molar-refractivity contribution < 1.29 is 8.42 Å². The molecular weight excluding hydrogens is 234 g/mol. The average Bonchev–Trinajstić information content (AvgIpc) is 2.30. The molecule has 0 saturated heterocycles. The normalized spacial score (nSPS) is 11.4. The molecule has 0 fully saturated rings. The Labute approximate surface area is 101 Å². The summed E-state index contributed by atoms with van der Waals surface area (Å²) in [6.45, 7) is 1.75. The third-order valence-electron chi connectivity index (χ3n) is 2.46. The van der Waals surface area contributed by atoms with Crippen molar-refractivity contribution >= 4 is 9.84 Å². The summed E-state index contributed by atoms with van der Waals surface area (Å²) in [6, 6.07) is 12.6. The first kappa shape index (κ1) is 11.8. The van der Waals surface area contributed by atoms with Crippen LogP contribution in [0, 0.1) is 6.92 Å². The molecule has 1 aromatic carbocycles. The lowest BCUT2D eigenvalue weighted by Crippen LogP contribution is -2.08. The maximum absolute atomic E-state index is 12.2. The molecule has 0 saturated carbocycles. The van der Waals surface area contributed by atoms with Crippen molar-refractivity contribution in [3.05, 3.63) is 59.8 Å². The van der Waals surface area contributed by atoms with Gasteiger partial charge in [0.25, 0.3) is 0 Å². The molecule has 2 rings (SSSR count). The van der Waals surface area contributed by atoms with Gasteiger partial charge >= 0.3 is 0 Å². The lowest BCUT2D eigenvalue weighted by Gasteiger charge is -2.06. The number of aryl methyl sites for hydroxylation is 1. The maximum atomic E-state index is 12.2. The van der Waals surface area contributed by atoms with Crippen LogP contribution in [0.1, 0.15) is 11.1 Å². The van der Waals surface area contributed by atoms with Crippen LogP contribution in [-0.4, -0.2) is 13.4 Å². The highest BCUT2D eigenvalue weighted by Crippen LogP contribution is 2.17. The first-order chi connectivity index (χ1) is 8.09. The largest absolute Gasteiger partial charge is 0.244 e. The van der Waals surface area contributed by atoms with E-state index in [1.54, 1.807) is 31.2 Å². The molecule has 1 heterocycles. The number of nitrogens with zero attached hydrogens (tertiary/aromatic N) is 1. The number of benzene rings is 1. The van der Waals surface area contributed by atoms with Gasteiger partial charge in [0.2, 0.25) is 0 Å². The number of hydrogen-bond donors (Lipinski definition) is 0. The Hall–Kier alpha value is -1.68. The summed E-state index contributed by atoms with van der Waals surface area (Å²) < 4.78 is 24.3. The Bertz CT molecular complexity index is 606. The van der Waals surface area contributed by atoms with Crippen molar-refractivity contribution in [3.8, 4) is 0 Å². The Morgan fingerprint density at radius 2 is 1.76 bits per heavy atom. The smallest absolute Gasteiger partial charge is 0.199 e. The molecule has 3 nitrogen and oxygen atoms in total. The predicted octanol–water partition coefficient (Wildman–Crippen LogP) is 2.36. The van der Waals surface area contributed by atoms with E-state index in [-0.39, 0.29) is 10.8 Å². The minimum Gasteiger partial charge on any atom is -0.244 e. The molecule has 4 heteroatoms. The van der Waals surface area contributed by atoms with Crippen LogP contribution in [0.2, 0.25) is 0 Å². The van der Waals surface area contributed by atoms with Gasteiger partial charge in [-0.05, 0) is 24.1 Å². The molecule has 0 aliphatic rings. The molecule has 0 aliphatic carbocycles. The molecule has 0 spiro atoms. The van der Waals surface area contributed by atoms with Crippen LogP contribution in [-0.2, 0) is 15.6 Å². The van der Waals surface area contributed by atoms with Gasteiger partial charge in [0.05, 0.1) is 5.75 Å². The van der Waals surface area contributed by atoms with Gasteiger partial charge in [-0.15, -0.1) is 0 Å². The highest BCUT2D eigenvalue weighted by Gasteiger charge is 2.18. The summed E-state index contributed by atoms with van der Waals surface area (Å²) in [5, 5.41) is 0.170. The van der Waals surface area contributed by atoms with E-state index >= 15 is 0 Å². The van der Waals surface area contributed by atoms with E-state index in [0.717, 1.165) is 5.56 Å². The van der Waals surface area contributed by atoms with Crippen LogP contribution >= 0.6 is 0 Å². The second-order valence-electron chi connectivity index (χ2n) is 3.87. The molecule has 0 atom stereocenters. The monoisotopic (exact) mass is 247 g/mol. The van der Waals surface area contributed by atoms with Crippen molar-refractivity contribution in [2.75, 3.05) is 0 Å². The van der Waals surface area contributed by atoms with E-state index in [0.29, 0.717) is 5.56 Å². The lowest BCUT2D eigenvalue weighted by molar-refractivity contribution is 0.590. The van der Waals surface area contributed by atoms with Crippen LogP contribution in [0.5, 0.6) is 0 Å². The molecule has 88 valence electrons. The topological polar surface area (TPSA) is 47.0 Å². The van der Waals surface area contributed by atoms with E-state index in [1.807, 2.05) is 18.2 Å². The average molecular weight is 247 g/mol. The summed E-state index contributed by atoms with van der Waals surface area (Å²) in [5.41, 5.74) is 1.46. The van der Waals surface area contributed by atoms with Crippen molar-refractivity contribution in [1.82, 2.24) is 4.98 Å². The van der Waals surface area contributed by atoms with Crippen molar-refractivity contribution in [3.63, 3.8) is 0 Å². The fraction of sp³-hybridized carbons (Fsp3) is 0.154. The zero-order valence-electron chi connectivity index (χ0n) is 9.50. The van der Waals surface area contributed by atoms with E-state index < -0.39 is 9.84 Å². The van der Waals surface area contributed by atoms with Gasteiger partial charge in [0, 0.05) is 6.20 Å². The molecule has 0 unspecified atom stereocenters. The number of hydrogen-bond acceptors (Lipinski definition) is 3. The summed E-state index contributed by atoms with van der Waals surface area (Å²) >= 11 is 0. The fourth-order valence-electron chi connectivity index (χ4n) is 1.66. The van der Waals surface area contributed by atoms with Crippen molar-refractivity contribution in [2.24, 2.45) is 0 Å². The van der Waals surface area contributed by atoms with Crippen LogP contribution < -0.4 is 0 Å². The highest BCUT2D eigenvalue weighted by molar-refractivity contribution is 7.90. The first-order valence-electron chi connectivity index (χ1n) is 5.28. The Kier molecular flexibility index (Phi) is 3.24. The summed E-state index contributed by atoms with van der Waals surface area (Å²) in [5.74, 6) is -0.00824. The molecule has 0 radical (unpaired) electrons. The molecule has 1 aromatic heterocycles. The zero-order valence-corrected chi connectivity index (χ0v) is 10.3. The minimum absolute atomic E-state index is 0.00824. The van der Waals surface area contributed by atoms with E-state index in [2.05, 4.69) is 4.98 Å². The molecule has 2 aromatic rings. The van der Waals surface area contributed by atoms with Gasteiger partial charge < -0.3 is 0 Å². The van der Waals surface area contributed by atoms with Crippen LogP contribution in [0.4, 0.5) is 0 Å². The van der Waals surface area contributed by atoms with E-state index in [9.17, 15) is 8.42 Å². The van der Waals surface area contributed by atoms with Gasteiger partial charge in [0.15, 0.2) is 14.9 Å². The van der Waals surface area contributed by atoms with Gasteiger partial charge in [-0.2, -0.15) is 0 Å². The van der Waals surface area contributed by atoms with E-state index in [1.165, 1.54) is 6.20 Å². The number of aromatic nitrogens is 1. The van der Waals surface area contributed by atoms with E-state index in [4.69, 9.17) is 0 Å². The van der Waals surface area contributed by atoms with Gasteiger partial charge in [-0.3, -0.25) is 0 Å². The molecule has 0 bridgehead atoms. The van der Waals surface area contributed by atoms with Crippen LogP contribution in [0.25, 0.3) is 0 Å². The fourth-order valence-corrected chi connectivity index (χ4v) is 3.21. The Morgan fingerprint density at radius 1 is 1.06 bits per heavy atom. The van der Waals surface area contributed by atoms with Crippen molar-refractivity contribution in [2.45, 2.75) is 17.7 Å². The lowest BCUT2D eigenvalue weighted by atomic mass is 10.2. The number of sulfone groups is 1. The van der Waals surface area contributed by atoms with Gasteiger partial charge in [-0.25, -0.2) is 13.4 Å². The molecule has 0 amide bonds. The van der Waals surface area contributed by atoms with Crippen molar-refractivity contribution in [1.29, 1.82) is 0 Å². The number of pyridine rings is 1. The standard InChI is InChI=1S/C13H13NO2S/c1-11-6-5-9-14-13(11)17(15,16)10-12-7-3-2-4-8-12/h2-9H,10H2,1H3. The SMILES string of the molecule is Cc1cccnc1S(=O)(=O)Cc1ccccc1. The molecule has 0 aliphatic heterocycles. The molecule has 17 heavy (non-hydrogen) atoms. The zero-order chi connectivity index (χ0) is 12.3. The van der Waals surface area contributed by atoms with Gasteiger partial charge in [-0.1, -0.05) is 36.4 Å². The molecular formula is C13H13NO2S. The Balaban J connectivity index is 2.36. The van der Waals surface area contributed by atoms with Gasteiger partial charge in [0.1, 0.15) is 0 Å². The second kappa shape index (κ2) is 4.67. The maximum Gasteiger partial charge on any atom is 0.199 e. The minimum atomic E-state index is -3.36. The summed E-state index contributed by atoms with van der Waals surface area (Å²) in [7, 11) is -3.36. The van der Waals surface area contributed by atoms with Crippen LogP contribution in [0.15, 0.2) is 53.7 Å². The number of rotatable bonds is 3. The first-order valence-corrected chi connectivity index (χ1v) is 6.93.